The smallest absolute Gasteiger partial charge is 0.335 e. The summed E-state index contributed by atoms with van der Waals surface area (Å²) in [5, 5.41) is 4.51. The molecule has 4 nitrogen and oxygen atoms in total. The van der Waals surface area contributed by atoms with Gasteiger partial charge < -0.3 is 10.2 Å². The molecule has 1 aliphatic rings. The molecule has 0 saturated carbocycles. The quantitative estimate of drug-likeness (QED) is 0.248. The maximum atomic E-state index is 13.5. The fourth-order valence-electron chi connectivity index (χ4n) is 5.30. The lowest BCUT2D eigenvalue weighted by atomic mass is 9.91. The number of halogens is 6. The number of carbonyl (C=O) groups excluding carboxylic acids is 1. The molecule has 1 saturated heterocycles. The minimum atomic E-state index is -5.03. The number of para-hydroxylation sites is 1. The summed E-state index contributed by atoms with van der Waals surface area (Å²) in [6, 6.07) is 19.7. The predicted octanol–water partition coefficient (Wildman–Crippen LogP) is 7.28. The van der Waals surface area contributed by atoms with Gasteiger partial charge in [-0.3, -0.25) is 9.78 Å². The van der Waals surface area contributed by atoms with Crippen LogP contribution in [0.4, 0.5) is 26.3 Å². The Morgan fingerprint density at radius 3 is 2.20 bits per heavy atom. The molecule has 0 radical (unpaired) electrons. The van der Waals surface area contributed by atoms with Crippen LogP contribution < -0.4 is 5.32 Å². The second-order valence-electron chi connectivity index (χ2n) is 10.3. The summed E-state index contributed by atoms with van der Waals surface area (Å²) in [6.45, 7) is 0.707. The van der Waals surface area contributed by atoms with E-state index in [0.717, 1.165) is 22.0 Å². The Labute approximate surface area is 233 Å². The summed E-state index contributed by atoms with van der Waals surface area (Å²) in [7, 11) is 0. The number of carbonyl (C=O) groups is 1. The van der Waals surface area contributed by atoms with Crippen molar-refractivity contribution in [1.82, 2.24) is 15.2 Å². The minimum absolute atomic E-state index is 0.0218. The van der Waals surface area contributed by atoms with E-state index in [4.69, 9.17) is 0 Å². The van der Waals surface area contributed by atoms with Gasteiger partial charge in [0, 0.05) is 42.3 Å². The van der Waals surface area contributed by atoms with Crippen molar-refractivity contribution in [1.29, 1.82) is 0 Å². The number of nitrogens with zero attached hydrogens (tertiary/aromatic N) is 2. The van der Waals surface area contributed by atoms with Gasteiger partial charge in [-0.1, -0.05) is 48.5 Å². The molecular weight excluding hydrogens is 544 g/mol. The molecule has 0 aliphatic carbocycles. The van der Waals surface area contributed by atoms with Gasteiger partial charge in [-0.25, -0.2) is 0 Å². The van der Waals surface area contributed by atoms with Crippen molar-refractivity contribution in [3.05, 3.63) is 113 Å². The fraction of sp³-hybridized carbons (Fsp3) is 0.290. The number of nitrogens with one attached hydrogen (secondary N) is 1. The second kappa shape index (κ2) is 11.5. The molecule has 214 valence electrons. The van der Waals surface area contributed by atoms with Crippen LogP contribution in [-0.2, 0) is 25.3 Å². The van der Waals surface area contributed by atoms with Gasteiger partial charge >= 0.3 is 12.4 Å². The van der Waals surface area contributed by atoms with Crippen molar-refractivity contribution >= 4 is 16.8 Å². The largest absolute Gasteiger partial charge is 0.416 e. The molecule has 1 fully saturated rings. The van der Waals surface area contributed by atoms with Gasteiger partial charge in [0.2, 0.25) is 0 Å². The Hall–Kier alpha value is -3.92. The number of pyridine rings is 1. The zero-order valence-electron chi connectivity index (χ0n) is 21.8. The Kier molecular flexibility index (Phi) is 8.04. The first-order valence-electron chi connectivity index (χ1n) is 13.2. The van der Waals surface area contributed by atoms with Crippen LogP contribution in [0.1, 0.15) is 45.5 Å². The van der Waals surface area contributed by atoms with Gasteiger partial charge in [0.15, 0.2) is 0 Å². The number of piperidine rings is 1. The van der Waals surface area contributed by atoms with E-state index in [0.29, 0.717) is 37.9 Å². The normalized spacial score (nSPS) is 18.0. The molecule has 1 aliphatic heterocycles. The van der Waals surface area contributed by atoms with E-state index >= 15 is 0 Å². The molecule has 4 aromatic rings. The van der Waals surface area contributed by atoms with E-state index in [1.165, 1.54) is 4.90 Å². The summed E-state index contributed by atoms with van der Waals surface area (Å²) in [5.41, 5.74) is -0.861. The Morgan fingerprint density at radius 2 is 1.51 bits per heavy atom. The SMILES string of the molecule is O=C(c1cc(C(F)(F)F)cc(C(F)(F)F)c1)N1CC[C@H](NCc2cnc3ccccc3c2)C[C@@H]1Cc1ccccc1. The summed E-state index contributed by atoms with van der Waals surface area (Å²) in [6.07, 6.45) is -6.90. The third kappa shape index (κ3) is 6.87. The Balaban J connectivity index is 1.38. The highest BCUT2D eigenvalue weighted by molar-refractivity contribution is 5.95. The van der Waals surface area contributed by atoms with Crippen LogP contribution in [0.15, 0.2) is 85.1 Å². The summed E-state index contributed by atoms with van der Waals surface area (Å²) < 4.78 is 80.8. The number of fused-ring (bicyclic) bond motifs is 1. The molecular formula is C31H27F6N3O. The third-order valence-electron chi connectivity index (χ3n) is 7.37. The van der Waals surface area contributed by atoms with E-state index in [1.54, 1.807) is 6.20 Å². The molecule has 1 aromatic heterocycles. The number of hydrogen-bond donors (Lipinski definition) is 1. The molecule has 1 amide bonds. The lowest BCUT2D eigenvalue weighted by Crippen LogP contribution is -2.51. The maximum Gasteiger partial charge on any atom is 0.416 e. The number of alkyl halides is 6. The number of aromatic nitrogens is 1. The lowest BCUT2D eigenvalue weighted by molar-refractivity contribution is -0.143. The van der Waals surface area contributed by atoms with Crippen molar-refractivity contribution in [2.75, 3.05) is 6.54 Å². The van der Waals surface area contributed by atoms with Gasteiger partial charge in [0.1, 0.15) is 0 Å². The number of rotatable bonds is 6. The highest BCUT2D eigenvalue weighted by atomic mass is 19.4. The predicted molar refractivity (Wildman–Crippen MR) is 143 cm³/mol. The molecule has 0 bridgehead atoms. The first-order chi connectivity index (χ1) is 19.5. The molecule has 0 spiro atoms. The van der Waals surface area contributed by atoms with E-state index in [9.17, 15) is 31.1 Å². The average Bonchev–Trinajstić information content (AvgIpc) is 2.95. The van der Waals surface area contributed by atoms with Crippen molar-refractivity contribution in [3.8, 4) is 0 Å². The van der Waals surface area contributed by atoms with E-state index in [-0.39, 0.29) is 18.7 Å². The first kappa shape index (κ1) is 28.6. The van der Waals surface area contributed by atoms with Crippen molar-refractivity contribution in [2.45, 2.75) is 50.2 Å². The molecule has 0 unspecified atom stereocenters. The zero-order chi connectivity index (χ0) is 29.2. The number of amides is 1. The first-order valence-corrected chi connectivity index (χ1v) is 13.2. The molecule has 2 atom stereocenters. The van der Waals surface area contributed by atoms with Crippen LogP contribution in [0.3, 0.4) is 0 Å². The van der Waals surface area contributed by atoms with Gasteiger partial charge in [-0.05, 0) is 60.7 Å². The molecule has 1 N–H and O–H groups in total. The van der Waals surface area contributed by atoms with Crippen LogP contribution in [0.25, 0.3) is 10.9 Å². The number of likely N-dealkylation sites (tertiary alicyclic amines) is 1. The van der Waals surface area contributed by atoms with Crippen LogP contribution in [0.5, 0.6) is 0 Å². The third-order valence-corrected chi connectivity index (χ3v) is 7.37. The minimum Gasteiger partial charge on any atom is -0.335 e. The molecule has 5 rings (SSSR count). The van der Waals surface area contributed by atoms with Crippen molar-refractivity contribution in [3.63, 3.8) is 0 Å². The van der Waals surface area contributed by atoms with Gasteiger partial charge in [0.05, 0.1) is 16.6 Å². The zero-order valence-corrected chi connectivity index (χ0v) is 21.8. The molecule has 41 heavy (non-hydrogen) atoms. The highest BCUT2D eigenvalue weighted by Crippen LogP contribution is 2.37. The number of benzene rings is 3. The summed E-state index contributed by atoms with van der Waals surface area (Å²) in [5.74, 6) is -0.847. The molecule has 3 aromatic carbocycles. The van der Waals surface area contributed by atoms with Crippen LogP contribution in [-0.4, -0.2) is 34.4 Å². The Bertz CT molecular complexity index is 1490. The van der Waals surface area contributed by atoms with Crippen LogP contribution in [0.2, 0.25) is 0 Å². The standard InChI is InChI=1S/C31H27F6N3O/c32-30(33,34)24-14-23(15-25(16-24)31(35,36)37)29(41)40-11-10-26(17-27(40)13-20-6-2-1-3-7-20)38-18-21-12-22-8-4-5-9-28(22)39-19-21/h1-9,12,14-16,19,26-27,38H,10-11,13,17-18H2/t26-,27-/m0/s1. The number of hydrogen-bond acceptors (Lipinski definition) is 3. The lowest BCUT2D eigenvalue weighted by Gasteiger charge is -2.40. The highest BCUT2D eigenvalue weighted by Gasteiger charge is 2.39. The molecule has 2 heterocycles. The van der Waals surface area contributed by atoms with Crippen LogP contribution in [0, 0.1) is 0 Å². The second-order valence-corrected chi connectivity index (χ2v) is 10.3. The maximum absolute atomic E-state index is 13.5. The van der Waals surface area contributed by atoms with Crippen molar-refractivity contribution in [2.24, 2.45) is 0 Å². The van der Waals surface area contributed by atoms with E-state index in [1.807, 2.05) is 60.7 Å². The topological polar surface area (TPSA) is 45.2 Å². The Morgan fingerprint density at radius 1 is 0.854 bits per heavy atom. The van der Waals surface area contributed by atoms with Gasteiger partial charge in [0.25, 0.3) is 5.91 Å². The van der Waals surface area contributed by atoms with Gasteiger partial charge in [-0.2, -0.15) is 26.3 Å². The molecule has 10 heteroatoms. The monoisotopic (exact) mass is 571 g/mol. The van der Waals surface area contributed by atoms with Crippen molar-refractivity contribution < 1.29 is 31.1 Å². The summed E-state index contributed by atoms with van der Waals surface area (Å²) >= 11 is 0. The fourth-order valence-corrected chi connectivity index (χ4v) is 5.30. The average molecular weight is 572 g/mol. The summed E-state index contributed by atoms with van der Waals surface area (Å²) in [4.78, 5) is 19.4. The van der Waals surface area contributed by atoms with Crippen LogP contribution >= 0.6 is 0 Å². The van der Waals surface area contributed by atoms with Gasteiger partial charge in [-0.15, -0.1) is 0 Å². The van der Waals surface area contributed by atoms with E-state index < -0.39 is 41.0 Å². The van der Waals surface area contributed by atoms with E-state index in [2.05, 4.69) is 10.3 Å².